The first-order valence-electron chi connectivity index (χ1n) is 8.34. The molecule has 0 atom stereocenters. The van der Waals surface area contributed by atoms with E-state index >= 15 is 0 Å². The van der Waals surface area contributed by atoms with Gasteiger partial charge in [0.1, 0.15) is 5.76 Å². The zero-order chi connectivity index (χ0) is 19.6. The lowest BCUT2D eigenvalue weighted by atomic mass is 10.1. The second-order valence-electron chi connectivity index (χ2n) is 5.56. The third-order valence-corrected chi connectivity index (χ3v) is 3.43. The fourth-order valence-corrected chi connectivity index (χ4v) is 2.11. The second-order valence-corrected chi connectivity index (χ2v) is 5.56. The van der Waals surface area contributed by atoms with E-state index in [0.29, 0.717) is 11.4 Å². The van der Waals surface area contributed by atoms with Crippen molar-refractivity contribution in [2.24, 2.45) is 0 Å². The van der Waals surface area contributed by atoms with E-state index in [-0.39, 0.29) is 18.3 Å². The fourth-order valence-electron chi connectivity index (χ4n) is 2.11. The van der Waals surface area contributed by atoms with Gasteiger partial charge in [-0.1, -0.05) is 25.1 Å². The SMILES string of the molecule is CCc1ccccc1NC(=O)CNC(=O)COC(=O)COc1cc(C)on1. The maximum Gasteiger partial charge on any atom is 0.344 e. The van der Waals surface area contributed by atoms with Gasteiger partial charge in [-0.2, -0.15) is 0 Å². The molecule has 0 fully saturated rings. The number of hydrogen-bond acceptors (Lipinski definition) is 7. The minimum atomic E-state index is -0.743. The van der Waals surface area contributed by atoms with Crippen LogP contribution >= 0.6 is 0 Å². The topological polar surface area (TPSA) is 120 Å². The summed E-state index contributed by atoms with van der Waals surface area (Å²) in [6, 6.07) is 8.91. The molecule has 144 valence electrons. The van der Waals surface area contributed by atoms with Crippen molar-refractivity contribution in [1.82, 2.24) is 10.5 Å². The summed E-state index contributed by atoms with van der Waals surface area (Å²) in [5.74, 6) is -1.03. The van der Waals surface area contributed by atoms with Crippen LogP contribution in [-0.2, 0) is 25.5 Å². The Morgan fingerprint density at radius 3 is 2.63 bits per heavy atom. The molecule has 2 amide bonds. The number of esters is 1. The molecule has 0 aliphatic rings. The highest BCUT2D eigenvalue weighted by molar-refractivity contribution is 5.95. The monoisotopic (exact) mass is 375 g/mol. The Morgan fingerprint density at radius 2 is 1.93 bits per heavy atom. The number of amides is 2. The highest BCUT2D eigenvalue weighted by Gasteiger charge is 2.12. The number of anilines is 1. The van der Waals surface area contributed by atoms with Gasteiger partial charge in [0.25, 0.3) is 11.8 Å². The molecule has 0 saturated carbocycles. The van der Waals surface area contributed by atoms with E-state index in [9.17, 15) is 14.4 Å². The molecule has 1 aromatic carbocycles. The molecule has 2 aromatic rings. The number of aryl methyl sites for hydroxylation is 2. The van der Waals surface area contributed by atoms with E-state index in [1.807, 2.05) is 25.1 Å². The fraction of sp³-hybridized carbons (Fsp3) is 0.333. The molecule has 0 bridgehead atoms. The van der Waals surface area contributed by atoms with Crippen molar-refractivity contribution in [1.29, 1.82) is 0 Å². The minimum absolute atomic E-state index is 0.151. The first-order valence-corrected chi connectivity index (χ1v) is 8.34. The maximum absolute atomic E-state index is 11.9. The van der Waals surface area contributed by atoms with Gasteiger partial charge in [-0.05, 0) is 30.1 Å². The Morgan fingerprint density at radius 1 is 1.15 bits per heavy atom. The van der Waals surface area contributed by atoms with Crippen LogP contribution in [0.4, 0.5) is 5.69 Å². The zero-order valence-corrected chi connectivity index (χ0v) is 15.1. The number of carbonyl (C=O) groups is 3. The summed E-state index contributed by atoms with van der Waals surface area (Å²) in [4.78, 5) is 35.1. The van der Waals surface area contributed by atoms with Gasteiger partial charge >= 0.3 is 5.97 Å². The first-order chi connectivity index (χ1) is 13.0. The highest BCUT2D eigenvalue weighted by atomic mass is 16.6. The van der Waals surface area contributed by atoms with Crippen LogP contribution in [-0.4, -0.2) is 42.7 Å². The predicted molar refractivity (Wildman–Crippen MR) is 95.2 cm³/mol. The van der Waals surface area contributed by atoms with E-state index in [2.05, 4.69) is 15.8 Å². The van der Waals surface area contributed by atoms with E-state index in [1.54, 1.807) is 13.0 Å². The third-order valence-electron chi connectivity index (χ3n) is 3.43. The Balaban J connectivity index is 1.65. The standard InChI is InChI=1S/C18H21N3O6/c1-3-13-6-4-5-7-14(13)20-15(22)9-19-16(23)10-26-18(24)11-25-17-8-12(2)27-21-17/h4-8H,3,9-11H2,1-2H3,(H,19,23)(H,20,22). The number of benzene rings is 1. The summed E-state index contributed by atoms with van der Waals surface area (Å²) >= 11 is 0. The lowest BCUT2D eigenvalue weighted by molar-refractivity contribution is -0.150. The minimum Gasteiger partial charge on any atom is -0.463 e. The molecule has 0 spiro atoms. The molecule has 9 heteroatoms. The van der Waals surface area contributed by atoms with E-state index < -0.39 is 25.1 Å². The molecule has 0 aliphatic heterocycles. The first kappa shape index (κ1) is 20.0. The molecule has 9 nitrogen and oxygen atoms in total. The Hall–Kier alpha value is -3.36. The summed E-state index contributed by atoms with van der Waals surface area (Å²) in [5.41, 5.74) is 1.69. The maximum atomic E-state index is 11.9. The van der Waals surface area contributed by atoms with Crippen LogP contribution in [0.1, 0.15) is 18.2 Å². The number of nitrogens with zero attached hydrogens (tertiary/aromatic N) is 1. The van der Waals surface area contributed by atoms with E-state index in [0.717, 1.165) is 12.0 Å². The molecular formula is C18H21N3O6. The summed E-state index contributed by atoms with van der Waals surface area (Å²) in [5, 5.41) is 8.65. The van der Waals surface area contributed by atoms with E-state index in [1.165, 1.54) is 6.07 Å². The van der Waals surface area contributed by atoms with E-state index in [4.69, 9.17) is 14.0 Å². The lowest BCUT2D eigenvalue weighted by Gasteiger charge is -2.10. The van der Waals surface area contributed by atoms with Gasteiger partial charge in [0.15, 0.2) is 13.2 Å². The van der Waals surface area contributed by atoms with Crippen LogP contribution in [0.15, 0.2) is 34.9 Å². The second kappa shape index (κ2) is 9.95. The Labute approximate surface area is 156 Å². The van der Waals surface area contributed by atoms with Crippen molar-refractivity contribution in [2.45, 2.75) is 20.3 Å². The number of rotatable bonds is 9. The molecule has 2 rings (SSSR count). The molecule has 0 saturated heterocycles. The van der Waals surface area contributed by atoms with Crippen molar-refractivity contribution in [3.63, 3.8) is 0 Å². The van der Waals surface area contributed by atoms with Crippen LogP contribution in [0.2, 0.25) is 0 Å². The van der Waals surface area contributed by atoms with Gasteiger partial charge < -0.3 is 24.6 Å². The van der Waals surface area contributed by atoms with Gasteiger partial charge in [0, 0.05) is 11.8 Å². The lowest BCUT2D eigenvalue weighted by Crippen LogP contribution is -2.36. The van der Waals surface area contributed by atoms with Crippen LogP contribution < -0.4 is 15.4 Å². The van der Waals surface area contributed by atoms with Crippen LogP contribution in [0, 0.1) is 6.92 Å². The highest BCUT2D eigenvalue weighted by Crippen LogP contribution is 2.15. The molecule has 27 heavy (non-hydrogen) atoms. The van der Waals surface area contributed by atoms with Gasteiger partial charge in [0.05, 0.1) is 6.54 Å². The number of ether oxygens (including phenoxy) is 2. The van der Waals surface area contributed by atoms with Gasteiger partial charge in [0.2, 0.25) is 5.91 Å². The Bertz CT molecular complexity index is 802. The molecule has 2 N–H and O–H groups in total. The van der Waals surface area contributed by atoms with Crippen LogP contribution in [0.25, 0.3) is 0 Å². The predicted octanol–water partition coefficient (Wildman–Crippen LogP) is 1.22. The Kier molecular flexibility index (Phi) is 7.36. The molecular weight excluding hydrogens is 354 g/mol. The van der Waals surface area contributed by atoms with Gasteiger partial charge in [-0.3, -0.25) is 9.59 Å². The van der Waals surface area contributed by atoms with Crippen LogP contribution in [0.3, 0.4) is 0 Å². The van der Waals surface area contributed by atoms with Crippen molar-refractivity contribution in [3.8, 4) is 5.88 Å². The molecule has 0 unspecified atom stereocenters. The third kappa shape index (κ3) is 6.81. The van der Waals surface area contributed by atoms with Gasteiger partial charge in [-0.25, -0.2) is 4.79 Å². The average Bonchev–Trinajstić information content (AvgIpc) is 3.08. The van der Waals surface area contributed by atoms with Gasteiger partial charge in [-0.15, -0.1) is 0 Å². The number of carbonyl (C=O) groups excluding carboxylic acids is 3. The normalized spacial score (nSPS) is 10.1. The summed E-state index contributed by atoms with van der Waals surface area (Å²) < 4.78 is 14.6. The molecule has 1 aromatic heterocycles. The molecule has 0 aliphatic carbocycles. The van der Waals surface area contributed by atoms with Crippen molar-refractivity contribution >= 4 is 23.5 Å². The van der Waals surface area contributed by atoms with Crippen molar-refractivity contribution in [3.05, 3.63) is 41.7 Å². The summed E-state index contributed by atoms with van der Waals surface area (Å²) in [6.45, 7) is 2.50. The quantitative estimate of drug-likeness (QED) is 0.632. The zero-order valence-electron chi connectivity index (χ0n) is 15.1. The number of para-hydroxylation sites is 1. The molecule has 0 radical (unpaired) electrons. The number of hydrogen-bond donors (Lipinski definition) is 2. The summed E-state index contributed by atoms with van der Waals surface area (Å²) in [6.07, 6.45) is 0.773. The van der Waals surface area contributed by atoms with Crippen molar-refractivity contribution < 1.29 is 28.4 Å². The van der Waals surface area contributed by atoms with Crippen molar-refractivity contribution in [2.75, 3.05) is 25.1 Å². The summed E-state index contributed by atoms with van der Waals surface area (Å²) in [7, 11) is 0. The average molecular weight is 375 g/mol. The largest absolute Gasteiger partial charge is 0.463 e. The molecule has 1 heterocycles. The number of aromatic nitrogens is 1. The number of nitrogens with one attached hydrogen (secondary N) is 2. The van der Waals surface area contributed by atoms with Crippen LogP contribution in [0.5, 0.6) is 5.88 Å². The smallest absolute Gasteiger partial charge is 0.344 e.